The van der Waals surface area contributed by atoms with Crippen molar-refractivity contribution in [3.05, 3.63) is 59.9 Å². The van der Waals surface area contributed by atoms with Crippen LogP contribution in [0.5, 0.6) is 0 Å². The van der Waals surface area contributed by atoms with Crippen LogP contribution < -0.4 is 0 Å². The van der Waals surface area contributed by atoms with Crippen molar-refractivity contribution in [1.29, 1.82) is 0 Å². The SMILES string of the molecule is C[C@@H]1CCC[C@@H](C)N(C(=O)c2ccc(SCc3cccnc3)cc2)C1. The number of thioether (sulfide) groups is 1. The fourth-order valence-electron chi connectivity index (χ4n) is 3.32. The Morgan fingerprint density at radius 3 is 2.72 bits per heavy atom. The van der Waals surface area contributed by atoms with E-state index in [4.69, 9.17) is 0 Å². The van der Waals surface area contributed by atoms with E-state index in [-0.39, 0.29) is 5.91 Å². The molecule has 132 valence electrons. The van der Waals surface area contributed by atoms with Gasteiger partial charge in [0.25, 0.3) is 5.91 Å². The minimum Gasteiger partial charge on any atom is -0.336 e. The molecule has 1 aromatic carbocycles. The van der Waals surface area contributed by atoms with E-state index in [2.05, 4.69) is 41.9 Å². The minimum atomic E-state index is 0.171. The van der Waals surface area contributed by atoms with Crippen molar-refractivity contribution < 1.29 is 4.79 Å². The highest BCUT2D eigenvalue weighted by molar-refractivity contribution is 7.98. The highest BCUT2D eigenvalue weighted by Gasteiger charge is 2.25. The first-order chi connectivity index (χ1) is 12.1. The van der Waals surface area contributed by atoms with Crippen LogP contribution in [0.1, 0.15) is 49.0 Å². The van der Waals surface area contributed by atoms with Gasteiger partial charge in [0.2, 0.25) is 0 Å². The molecule has 0 unspecified atom stereocenters. The summed E-state index contributed by atoms with van der Waals surface area (Å²) in [5, 5.41) is 0. The molecule has 4 heteroatoms. The predicted octanol–water partition coefficient (Wildman–Crippen LogP) is 5.02. The summed E-state index contributed by atoms with van der Waals surface area (Å²) in [7, 11) is 0. The van der Waals surface area contributed by atoms with Crippen molar-refractivity contribution in [2.24, 2.45) is 5.92 Å². The lowest BCUT2D eigenvalue weighted by Gasteiger charge is -2.28. The summed E-state index contributed by atoms with van der Waals surface area (Å²) in [4.78, 5) is 20.3. The second-order valence-corrected chi connectivity index (χ2v) is 8.07. The number of hydrogen-bond acceptors (Lipinski definition) is 3. The summed E-state index contributed by atoms with van der Waals surface area (Å²) in [5.74, 6) is 1.65. The van der Waals surface area contributed by atoms with E-state index in [0.29, 0.717) is 12.0 Å². The molecule has 1 amide bonds. The summed E-state index contributed by atoms with van der Waals surface area (Å²) < 4.78 is 0. The van der Waals surface area contributed by atoms with E-state index in [0.717, 1.165) is 24.3 Å². The van der Waals surface area contributed by atoms with Crippen molar-refractivity contribution in [3.8, 4) is 0 Å². The minimum absolute atomic E-state index is 0.171. The van der Waals surface area contributed by atoms with Gasteiger partial charge in [-0.25, -0.2) is 0 Å². The van der Waals surface area contributed by atoms with Gasteiger partial charge in [0.05, 0.1) is 0 Å². The average molecular weight is 355 g/mol. The van der Waals surface area contributed by atoms with Gasteiger partial charge in [0.1, 0.15) is 0 Å². The Morgan fingerprint density at radius 1 is 1.20 bits per heavy atom. The number of rotatable bonds is 4. The predicted molar refractivity (Wildman–Crippen MR) is 104 cm³/mol. The Hall–Kier alpha value is -1.81. The third kappa shape index (κ3) is 4.85. The number of benzene rings is 1. The largest absolute Gasteiger partial charge is 0.336 e. The number of hydrogen-bond donors (Lipinski definition) is 0. The Morgan fingerprint density at radius 2 is 2.00 bits per heavy atom. The Labute approximate surface area is 154 Å². The molecule has 1 fully saturated rings. The molecule has 1 aromatic heterocycles. The first kappa shape index (κ1) is 18.0. The van der Waals surface area contributed by atoms with E-state index in [1.807, 2.05) is 24.4 Å². The highest BCUT2D eigenvalue weighted by Crippen LogP contribution is 2.25. The highest BCUT2D eigenvalue weighted by atomic mass is 32.2. The van der Waals surface area contributed by atoms with Crippen molar-refractivity contribution in [2.75, 3.05) is 6.54 Å². The number of likely N-dealkylation sites (tertiary alicyclic amines) is 1. The lowest BCUT2D eigenvalue weighted by atomic mass is 10.1. The molecule has 3 rings (SSSR count). The molecule has 2 aromatic rings. The van der Waals surface area contributed by atoms with Crippen LogP contribution >= 0.6 is 11.8 Å². The normalized spacial score (nSPS) is 21.0. The van der Waals surface area contributed by atoms with E-state index < -0.39 is 0 Å². The average Bonchev–Trinajstić information content (AvgIpc) is 2.81. The molecule has 2 heterocycles. The molecule has 2 atom stereocenters. The lowest BCUT2D eigenvalue weighted by Crippen LogP contribution is -2.39. The number of pyridine rings is 1. The Kier molecular flexibility index (Phi) is 6.14. The maximum Gasteiger partial charge on any atom is 0.254 e. The Bertz CT molecular complexity index is 687. The topological polar surface area (TPSA) is 33.2 Å². The van der Waals surface area contributed by atoms with Gasteiger partial charge in [-0.05, 0) is 61.6 Å². The Balaban J connectivity index is 1.63. The van der Waals surface area contributed by atoms with Crippen LogP contribution in [0.3, 0.4) is 0 Å². The standard InChI is InChI=1S/C21H26N2OS/c1-16-5-3-6-17(2)23(14-16)21(24)19-8-10-20(11-9-19)25-15-18-7-4-12-22-13-18/h4,7-13,16-17H,3,5-6,14-15H2,1-2H3/t16-,17-/m1/s1. The number of amides is 1. The van der Waals surface area contributed by atoms with Crippen LogP contribution in [0, 0.1) is 5.92 Å². The molecule has 0 spiro atoms. The summed E-state index contributed by atoms with van der Waals surface area (Å²) >= 11 is 1.77. The molecule has 0 saturated carbocycles. The van der Waals surface area contributed by atoms with Gasteiger partial charge in [-0.3, -0.25) is 9.78 Å². The van der Waals surface area contributed by atoms with Gasteiger partial charge < -0.3 is 4.90 Å². The van der Waals surface area contributed by atoms with E-state index in [1.165, 1.54) is 23.3 Å². The number of carbonyl (C=O) groups excluding carboxylic acids is 1. The summed E-state index contributed by atoms with van der Waals surface area (Å²) in [5.41, 5.74) is 2.01. The maximum absolute atomic E-state index is 12.9. The summed E-state index contributed by atoms with van der Waals surface area (Å²) in [6, 6.07) is 12.4. The zero-order valence-corrected chi connectivity index (χ0v) is 15.8. The van der Waals surface area contributed by atoms with Crippen molar-refractivity contribution in [1.82, 2.24) is 9.88 Å². The van der Waals surface area contributed by atoms with Crippen LogP contribution in [0.2, 0.25) is 0 Å². The third-order valence-corrected chi connectivity index (χ3v) is 5.93. The van der Waals surface area contributed by atoms with Crippen LogP contribution in [-0.2, 0) is 5.75 Å². The quantitative estimate of drug-likeness (QED) is 0.723. The second kappa shape index (κ2) is 8.52. The molecule has 1 aliphatic rings. The number of nitrogens with zero attached hydrogens (tertiary/aromatic N) is 2. The van der Waals surface area contributed by atoms with E-state index in [9.17, 15) is 4.79 Å². The van der Waals surface area contributed by atoms with E-state index >= 15 is 0 Å². The van der Waals surface area contributed by atoms with Gasteiger partial charge in [0, 0.05) is 41.2 Å². The van der Waals surface area contributed by atoms with Crippen molar-refractivity contribution in [3.63, 3.8) is 0 Å². The smallest absolute Gasteiger partial charge is 0.254 e. The maximum atomic E-state index is 12.9. The molecule has 0 bridgehead atoms. The van der Waals surface area contributed by atoms with Gasteiger partial charge in [-0.15, -0.1) is 11.8 Å². The molecule has 25 heavy (non-hydrogen) atoms. The van der Waals surface area contributed by atoms with E-state index in [1.54, 1.807) is 18.0 Å². The molecule has 3 nitrogen and oxygen atoms in total. The van der Waals surface area contributed by atoms with Gasteiger partial charge in [-0.2, -0.15) is 0 Å². The van der Waals surface area contributed by atoms with Gasteiger partial charge in [0.15, 0.2) is 0 Å². The molecular weight excluding hydrogens is 328 g/mol. The molecular formula is C21H26N2OS. The second-order valence-electron chi connectivity index (χ2n) is 7.02. The molecule has 1 saturated heterocycles. The zero-order chi connectivity index (χ0) is 17.6. The number of aromatic nitrogens is 1. The number of carbonyl (C=O) groups is 1. The molecule has 0 radical (unpaired) electrons. The molecule has 0 N–H and O–H groups in total. The molecule has 1 aliphatic heterocycles. The van der Waals surface area contributed by atoms with Crippen LogP contribution in [-0.4, -0.2) is 28.4 Å². The van der Waals surface area contributed by atoms with Crippen LogP contribution in [0.25, 0.3) is 0 Å². The first-order valence-electron chi connectivity index (χ1n) is 9.06. The lowest BCUT2D eigenvalue weighted by molar-refractivity contribution is 0.0677. The van der Waals surface area contributed by atoms with Crippen molar-refractivity contribution in [2.45, 2.75) is 49.8 Å². The zero-order valence-electron chi connectivity index (χ0n) is 15.0. The summed E-state index contributed by atoms with van der Waals surface area (Å²) in [6.07, 6.45) is 7.23. The summed E-state index contributed by atoms with van der Waals surface area (Å²) in [6.45, 7) is 5.29. The third-order valence-electron chi connectivity index (χ3n) is 4.85. The fourth-order valence-corrected chi connectivity index (χ4v) is 4.15. The van der Waals surface area contributed by atoms with Gasteiger partial charge >= 0.3 is 0 Å². The first-order valence-corrected chi connectivity index (χ1v) is 10.0. The van der Waals surface area contributed by atoms with Crippen LogP contribution in [0.15, 0.2) is 53.7 Å². The fraction of sp³-hybridized carbons (Fsp3) is 0.429. The monoisotopic (exact) mass is 354 g/mol. The van der Waals surface area contributed by atoms with Crippen molar-refractivity contribution >= 4 is 17.7 Å². The van der Waals surface area contributed by atoms with Gasteiger partial charge in [-0.1, -0.05) is 19.4 Å². The molecule has 0 aliphatic carbocycles. The van der Waals surface area contributed by atoms with Crippen LogP contribution in [0.4, 0.5) is 0 Å².